The first kappa shape index (κ1) is 15.7. The number of likely N-dealkylation sites (tertiary alicyclic amines) is 1. The van der Waals surface area contributed by atoms with Crippen LogP contribution in [0.4, 0.5) is 0 Å². The van der Waals surface area contributed by atoms with Gasteiger partial charge in [-0.3, -0.25) is 9.48 Å². The Bertz CT molecular complexity index is 690. The van der Waals surface area contributed by atoms with Gasteiger partial charge in [0.2, 0.25) is 0 Å². The zero-order valence-corrected chi connectivity index (χ0v) is 13.8. The van der Waals surface area contributed by atoms with E-state index in [0.717, 1.165) is 48.4 Å². The summed E-state index contributed by atoms with van der Waals surface area (Å²) in [4.78, 5) is 14.4. The second-order valence-electron chi connectivity index (χ2n) is 6.44. The Balaban J connectivity index is 1.69. The van der Waals surface area contributed by atoms with E-state index in [4.69, 9.17) is 5.73 Å². The topological polar surface area (TPSA) is 64.2 Å². The summed E-state index contributed by atoms with van der Waals surface area (Å²) in [7, 11) is 0. The number of rotatable bonds is 3. The van der Waals surface area contributed by atoms with Gasteiger partial charge >= 0.3 is 0 Å². The summed E-state index contributed by atoms with van der Waals surface area (Å²) in [5.41, 5.74) is 10.0. The Morgan fingerprint density at radius 1 is 1.30 bits per heavy atom. The Kier molecular flexibility index (Phi) is 4.48. The van der Waals surface area contributed by atoms with Crippen molar-refractivity contribution in [2.24, 2.45) is 5.73 Å². The molecule has 1 aromatic heterocycles. The number of nitrogens with two attached hydrogens (primary N) is 1. The van der Waals surface area contributed by atoms with E-state index in [1.165, 1.54) is 0 Å². The van der Waals surface area contributed by atoms with Gasteiger partial charge in [0.15, 0.2) is 0 Å². The molecule has 1 aliphatic heterocycles. The maximum absolute atomic E-state index is 12.5. The number of amides is 1. The van der Waals surface area contributed by atoms with Crippen molar-refractivity contribution in [3.05, 3.63) is 52.8 Å². The van der Waals surface area contributed by atoms with E-state index in [1.54, 1.807) is 0 Å². The Morgan fingerprint density at radius 2 is 2.04 bits per heavy atom. The Hall–Kier alpha value is -2.14. The van der Waals surface area contributed by atoms with Crippen molar-refractivity contribution >= 4 is 5.91 Å². The zero-order valence-electron chi connectivity index (χ0n) is 13.8. The summed E-state index contributed by atoms with van der Waals surface area (Å²) < 4.78 is 1.98. The quantitative estimate of drug-likeness (QED) is 0.944. The minimum Gasteiger partial charge on any atom is -0.337 e. The Morgan fingerprint density at radius 3 is 2.65 bits per heavy atom. The van der Waals surface area contributed by atoms with Gasteiger partial charge in [-0.05, 0) is 50.5 Å². The molecule has 0 unspecified atom stereocenters. The monoisotopic (exact) mass is 312 g/mol. The fraction of sp³-hybridized carbons (Fsp3) is 0.444. The van der Waals surface area contributed by atoms with Crippen molar-refractivity contribution < 1.29 is 4.79 Å². The molecule has 2 N–H and O–H groups in total. The van der Waals surface area contributed by atoms with Crippen LogP contribution in [0.5, 0.6) is 0 Å². The van der Waals surface area contributed by atoms with Crippen molar-refractivity contribution in [1.29, 1.82) is 0 Å². The SMILES string of the molecule is Cc1cc(C)n(Cc2ccc(C(=O)N3CCC[C@H](N)C3)cc2)n1. The first-order valence-corrected chi connectivity index (χ1v) is 8.18. The van der Waals surface area contributed by atoms with Crippen molar-refractivity contribution in [3.63, 3.8) is 0 Å². The van der Waals surface area contributed by atoms with E-state index in [1.807, 2.05) is 40.8 Å². The molecule has 1 aliphatic rings. The van der Waals surface area contributed by atoms with E-state index in [0.29, 0.717) is 6.54 Å². The third kappa shape index (κ3) is 3.62. The van der Waals surface area contributed by atoms with Gasteiger partial charge in [0.1, 0.15) is 0 Å². The molecule has 0 aliphatic carbocycles. The second-order valence-corrected chi connectivity index (χ2v) is 6.44. The number of piperidine rings is 1. The largest absolute Gasteiger partial charge is 0.337 e. The minimum atomic E-state index is 0.0813. The normalized spacial score (nSPS) is 18.2. The molecule has 3 rings (SSSR count). The van der Waals surface area contributed by atoms with Crippen LogP contribution in [-0.4, -0.2) is 39.7 Å². The second kappa shape index (κ2) is 6.54. The van der Waals surface area contributed by atoms with Gasteiger partial charge in [-0.2, -0.15) is 5.10 Å². The lowest BCUT2D eigenvalue weighted by Gasteiger charge is -2.30. The summed E-state index contributed by atoms with van der Waals surface area (Å²) in [5.74, 6) is 0.0813. The van der Waals surface area contributed by atoms with Gasteiger partial charge in [0, 0.05) is 30.4 Å². The van der Waals surface area contributed by atoms with Crippen molar-refractivity contribution in [3.8, 4) is 0 Å². The van der Waals surface area contributed by atoms with E-state index in [2.05, 4.69) is 18.1 Å². The molecule has 0 radical (unpaired) electrons. The summed E-state index contributed by atoms with van der Waals surface area (Å²) in [5, 5.41) is 4.47. The number of carbonyl (C=O) groups is 1. The van der Waals surface area contributed by atoms with Crippen LogP contribution < -0.4 is 5.73 Å². The van der Waals surface area contributed by atoms with Crippen molar-refractivity contribution in [1.82, 2.24) is 14.7 Å². The average Bonchev–Trinajstić information content (AvgIpc) is 2.85. The van der Waals surface area contributed by atoms with E-state index >= 15 is 0 Å². The number of aromatic nitrogens is 2. The lowest BCUT2D eigenvalue weighted by Crippen LogP contribution is -2.45. The fourth-order valence-corrected chi connectivity index (χ4v) is 3.14. The molecule has 5 heteroatoms. The van der Waals surface area contributed by atoms with Crippen LogP contribution >= 0.6 is 0 Å². The molecule has 1 amide bonds. The van der Waals surface area contributed by atoms with Crippen LogP contribution in [0.3, 0.4) is 0 Å². The number of benzene rings is 1. The molecule has 5 nitrogen and oxygen atoms in total. The van der Waals surface area contributed by atoms with E-state index in [9.17, 15) is 4.79 Å². The maximum Gasteiger partial charge on any atom is 0.253 e. The van der Waals surface area contributed by atoms with Gasteiger partial charge in [-0.1, -0.05) is 12.1 Å². The standard InChI is InChI=1S/C18H24N4O/c1-13-10-14(2)22(20-13)11-15-5-7-16(8-6-15)18(23)21-9-3-4-17(19)12-21/h5-8,10,17H,3-4,9,11-12,19H2,1-2H3/t17-/m0/s1. The lowest BCUT2D eigenvalue weighted by atomic mass is 10.0. The van der Waals surface area contributed by atoms with Crippen LogP contribution in [0.2, 0.25) is 0 Å². The van der Waals surface area contributed by atoms with Crippen LogP contribution in [0.15, 0.2) is 30.3 Å². The maximum atomic E-state index is 12.5. The van der Waals surface area contributed by atoms with Crippen LogP contribution in [0.1, 0.15) is 40.2 Å². The van der Waals surface area contributed by atoms with Gasteiger partial charge in [-0.15, -0.1) is 0 Å². The molecule has 0 saturated carbocycles. The highest BCUT2D eigenvalue weighted by Gasteiger charge is 2.22. The Labute approximate surface area is 137 Å². The molecular weight excluding hydrogens is 288 g/mol. The first-order chi connectivity index (χ1) is 11.0. The predicted molar refractivity (Wildman–Crippen MR) is 90.4 cm³/mol. The van der Waals surface area contributed by atoms with Crippen LogP contribution in [0, 0.1) is 13.8 Å². The van der Waals surface area contributed by atoms with Gasteiger partial charge in [0.05, 0.1) is 12.2 Å². The third-order valence-corrected chi connectivity index (χ3v) is 4.38. The number of hydrogen-bond acceptors (Lipinski definition) is 3. The van der Waals surface area contributed by atoms with E-state index < -0.39 is 0 Å². The number of carbonyl (C=O) groups excluding carboxylic acids is 1. The predicted octanol–water partition coefficient (Wildman–Crippen LogP) is 2.11. The summed E-state index contributed by atoms with van der Waals surface area (Å²) >= 11 is 0. The molecule has 2 aromatic rings. The molecule has 1 aromatic carbocycles. The molecule has 1 fully saturated rings. The molecule has 23 heavy (non-hydrogen) atoms. The first-order valence-electron chi connectivity index (χ1n) is 8.18. The number of hydrogen-bond donors (Lipinski definition) is 1. The molecule has 1 atom stereocenters. The minimum absolute atomic E-state index is 0.0813. The number of nitrogens with zero attached hydrogens (tertiary/aromatic N) is 3. The highest BCUT2D eigenvalue weighted by Crippen LogP contribution is 2.14. The summed E-state index contributed by atoms with van der Waals surface area (Å²) in [6.07, 6.45) is 1.99. The van der Waals surface area contributed by atoms with E-state index in [-0.39, 0.29) is 11.9 Å². The van der Waals surface area contributed by atoms with Gasteiger partial charge in [-0.25, -0.2) is 0 Å². The fourth-order valence-electron chi connectivity index (χ4n) is 3.14. The van der Waals surface area contributed by atoms with Crippen LogP contribution in [-0.2, 0) is 6.54 Å². The van der Waals surface area contributed by atoms with Crippen molar-refractivity contribution in [2.45, 2.75) is 39.3 Å². The van der Waals surface area contributed by atoms with Crippen LogP contribution in [0.25, 0.3) is 0 Å². The van der Waals surface area contributed by atoms with Gasteiger partial charge < -0.3 is 10.6 Å². The highest BCUT2D eigenvalue weighted by molar-refractivity contribution is 5.94. The smallest absolute Gasteiger partial charge is 0.253 e. The average molecular weight is 312 g/mol. The van der Waals surface area contributed by atoms with Gasteiger partial charge in [0.25, 0.3) is 5.91 Å². The molecule has 122 valence electrons. The van der Waals surface area contributed by atoms with Crippen molar-refractivity contribution in [2.75, 3.05) is 13.1 Å². The third-order valence-electron chi connectivity index (χ3n) is 4.38. The highest BCUT2D eigenvalue weighted by atomic mass is 16.2. The summed E-state index contributed by atoms with van der Waals surface area (Å²) in [6, 6.07) is 10.0. The molecule has 2 heterocycles. The lowest BCUT2D eigenvalue weighted by molar-refractivity contribution is 0.0709. The molecule has 0 spiro atoms. The summed E-state index contributed by atoms with van der Waals surface area (Å²) in [6.45, 7) is 6.24. The zero-order chi connectivity index (χ0) is 16.4. The number of aryl methyl sites for hydroxylation is 2. The molecule has 1 saturated heterocycles. The molecule has 0 bridgehead atoms. The molecular formula is C18H24N4O.